The lowest BCUT2D eigenvalue weighted by Crippen LogP contribution is -2.58. The zero-order valence-electron chi connectivity index (χ0n) is 15.1. The molecule has 3 rings (SSSR count). The number of fused-ring (bicyclic) bond motifs is 2. The Hall–Kier alpha value is -2.00. The molecule has 23 heavy (non-hydrogen) atoms. The second-order valence-electron chi connectivity index (χ2n) is 7.35. The van der Waals surface area contributed by atoms with Crippen LogP contribution in [0.3, 0.4) is 0 Å². The molecule has 0 atom stereocenters. The van der Waals surface area contributed by atoms with Crippen molar-refractivity contribution in [1.82, 2.24) is 0 Å². The summed E-state index contributed by atoms with van der Waals surface area (Å²) in [5.41, 5.74) is 6.36. The maximum absolute atomic E-state index is 4.41. The minimum atomic E-state index is -1.74. The van der Waals surface area contributed by atoms with Gasteiger partial charge in [-0.2, -0.15) is 0 Å². The van der Waals surface area contributed by atoms with E-state index in [0.717, 1.165) is 5.57 Å². The molecule has 0 aromatic heterocycles. The molecule has 0 spiro atoms. The number of hydrogen-bond acceptors (Lipinski definition) is 2. The number of benzene rings is 2. The molecular weight excluding hydrogens is 296 g/mol. The van der Waals surface area contributed by atoms with Crippen LogP contribution >= 0.6 is 0 Å². The third kappa shape index (κ3) is 2.40. The summed E-state index contributed by atoms with van der Waals surface area (Å²) < 4.78 is 0. The van der Waals surface area contributed by atoms with Gasteiger partial charge in [0.25, 0.3) is 0 Å². The van der Waals surface area contributed by atoms with Gasteiger partial charge in [0.2, 0.25) is 0 Å². The van der Waals surface area contributed by atoms with Crippen LogP contribution in [-0.2, 0) is 0 Å². The molecule has 0 aliphatic carbocycles. The van der Waals surface area contributed by atoms with Crippen molar-refractivity contribution in [3.05, 3.63) is 54.1 Å². The third-order valence-electron chi connectivity index (χ3n) is 5.04. The van der Waals surface area contributed by atoms with Crippen molar-refractivity contribution in [2.45, 2.75) is 13.1 Å². The third-order valence-corrected chi connectivity index (χ3v) is 8.56. The van der Waals surface area contributed by atoms with Gasteiger partial charge in [-0.25, -0.2) is 0 Å². The molecule has 0 bridgehead atoms. The molecule has 1 aliphatic heterocycles. The van der Waals surface area contributed by atoms with Crippen molar-refractivity contribution in [2.24, 2.45) is 0 Å². The van der Waals surface area contributed by atoms with Crippen LogP contribution in [0.4, 0.5) is 11.4 Å². The summed E-state index contributed by atoms with van der Waals surface area (Å²) in [6, 6.07) is 13.7. The van der Waals surface area contributed by atoms with Gasteiger partial charge in [0.1, 0.15) is 8.07 Å². The zero-order valence-corrected chi connectivity index (χ0v) is 16.1. The van der Waals surface area contributed by atoms with Gasteiger partial charge < -0.3 is 9.80 Å². The SMILES string of the molecule is C=C1c2ccc(N(C)C)cc2[Si](C)(C)c2cc(N(C)C)ccc21. The van der Waals surface area contributed by atoms with Gasteiger partial charge in [-0.3, -0.25) is 0 Å². The van der Waals surface area contributed by atoms with Crippen LogP contribution in [0.1, 0.15) is 11.1 Å². The first-order chi connectivity index (χ1) is 10.7. The Morgan fingerprint density at radius 3 is 1.48 bits per heavy atom. The number of hydrogen-bond donors (Lipinski definition) is 0. The fraction of sp³-hybridized carbons (Fsp3) is 0.300. The monoisotopic (exact) mass is 322 g/mol. The van der Waals surface area contributed by atoms with E-state index in [4.69, 9.17) is 0 Å². The molecule has 0 saturated heterocycles. The predicted octanol–water partition coefficient (Wildman–Crippen LogP) is 3.02. The molecule has 2 nitrogen and oxygen atoms in total. The molecule has 0 amide bonds. The maximum Gasteiger partial charge on any atom is 0.114 e. The summed E-state index contributed by atoms with van der Waals surface area (Å²) >= 11 is 0. The van der Waals surface area contributed by atoms with Gasteiger partial charge in [0, 0.05) is 39.6 Å². The lowest BCUT2D eigenvalue weighted by atomic mass is 9.97. The van der Waals surface area contributed by atoms with E-state index in [1.54, 1.807) is 0 Å². The second-order valence-corrected chi connectivity index (χ2v) is 11.7. The molecule has 3 heteroatoms. The van der Waals surface area contributed by atoms with Crippen LogP contribution in [0, 0.1) is 0 Å². The van der Waals surface area contributed by atoms with Crippen LogP contribution < -0.4 is 20.2 Å². The number of nitrogens with zero attached hydrogens (tertiary/aromatic N) is 2. The highest BCUT2D eigenvalue weighted by molar-refractivity contribution is 7.02. The smallest absolute Gasteiger partial charge is 0.114 e. The average Bonchev–Trinajstić information content (AvgIpc) is 2.51. The van der Waals surface area contributed by atoms with Crippen molar-refractivity contribution < 1.29 is 0 Å². The van der Waals surface area contributed by atoms with Crippen molar-refractivity contribution in [3.63, 3.8) is 0 Å². The molecular formula is C20H26N2Si. The summed E-state index contributed by atoms with van der Waals surface area (Å²) in [7, 11) is 6.67. The number of rotatable bonds is 2. The van der Waals surface area contributed by atoms with E-state index in [1.165, 1.54) is 32.9 Å². The van der Waals surface area contributed by atoms with E-state index in [2.05, 4.69) is 94.1 Å². The Morgan fingerprint density at radius 1 is 0.739 bits per heavy atom. The highest BCUT2D eigenvalue weighted by Crippen LogP contribution is 2.31. The fourth-order valence-corrected chi connectivity index (χ4v) is 6.59. The Morgan fingerprint density at radius 2 is 1.13 bits per heavy atom. The molecule has 120 valence electrons. The predicted molar refractivity (Wildman–Crippen MR) is 106 cm³/mol. The number of anilines is 2. The van der Waals surface area contributed by atoms with Crippen molar-refractivity contribution in [3.8, 4) is 0 Å². The first kappa shape index (κ1) is 15.9. The molecule has 0 fully saturated rings. The fourth-order valence-electron chi connectivity index (χ4n) is 3.47. The Balaban J connectivity index is 2.26. The van der Waals surface area contributed by atoms with Gasteiger partial charge >= 0.3 is 0 Å². The molecule has 0 radical (unpaired) electrons. The summed E-state index contributed by atoms with van der Waals surface area (Å²) in [5, 5.41) is 2.99. The molecule has 1 heterocycles. The minimum absolute atomic E-state index is 1.16. The van der Waals surface area contributed by atoms with Gasteiger partial charge in [-0.15, -0.1) is 0 Å². The van der Waals surface area contributed by atoms with E-state index >= 15 is 0 Å². The van der Waals surface area contributed by atoms with Crippen molar-refractivity contribution in [1.29, 1.82) is 0 Å². The summed E-state index contributed by atoms with van der Waals surface area (Å²) in [6.45, 7) is 9.32. The minimum Gasteiger partial charge on any atom is -0.378 e. The topological polar surface area (TPSA) is 6.48 Å². The van der Waals surface area contributed by atoms with Crippen LogP contribution in [0.5, 0.6) is 0 Å². The molecule has 2 aromatic rings. The van der Waals surface area contributed by atoms with E-state index in [9.17, 15) is 0 Å². The quantitative estimate of drug-likeness (QED) is 0.784. The maximum atomic E-state index is 4.41. The van der Waals surface area contributed by atoms with Gasteiger partial charge in [-0.05, 0) is 51.3 Å². The van der Waals surface area contributed by atoms with E-state index < -0.39 is 8.07 Å². The highest BCUT2D eigenvalue weighted by Gasteiger charge is 2.36. The van der Waals surface area contributed by atoms with E-state index in [1.807, 2.05) is 0 Å². The lowest BCUT2D eigenvalue weighted by molar-refractivity contribution is 1.13. The molecule has 1 aliphatic rings. The molecule has 2 aromatic carbocycles. The average molecular weight is 323 g/mol. The first-order valence-corrected chi connectivity index (χ1v) is 11.1. The zero-order chi connectivity index (χ0) is 16.9. The van der Waals surface area contributed by atoms with Crippen molar-refractivity contribution in [2.75, 3.05) is 38.0 Å². The largest absolute Gasteiger partial charge is 0.378 e. The molecule has 0 N–H and O–H groups in total. The Bertz CT molecular complexity index is 725. The molecule has 0 unspecified atom stereocenters. The van der Waals surface area contributed by atoms with Gasteiger partial charge in [0.05, 0.1) is 0 Å². The Labute approximate surface area is 141 Å². The molecule has 0 saturated carbocycles. The van der Waals surface area contributed by atoms with Gasteiger partial charge in [0.15, 0.2) is 0 Å². The van der Waals surface area contributed by atoms with E-state index in [0.29, 0.717) is 0 Å². The van der Waals surface area contributed by atoms with Crippen LogP contribution in [0.2, 0.25) is 13.1 Å². The Kier molecular flexibility index (Phi) is 3.64. The van der Waals surface area contributed by atoms with Gasteiger partial charge in [-0.1, -0.05) is 31.8 Å². The summed E-state index contributed by atoms with van der Waals surface area (Å²) in [5.74, 6) is 0. The second kappa shape index (κ2) is 5.27. The van der Waals surface area contributed by atoms with Crippen LogP contribution in [-0.4, -0.2) is 36.3 Å². The first-order valence-electron chi connectivity index (χ1n) is 8.07. The normalized spacial score (nSPS) is 15.0. The van der Waals surface area contributed by atoms with Crippen LogP contribution in [0.15, 0.2) is 43.0 Å². The standard InChI is InChI=1S/C20H26N2Si/c1-14-17-10-8-15(21(2)3)12-19(17)23(6,7)20-13-16(22(4)5)9-11-18(14)20/h8-13H,1H2,2-7H3. The van der Waals surface area contributed by atoms with E-state index in [-0.39, 0.29) is 0 Å². The van der Waals surface area contributed by atoms with Crippen molar-refractivity contribution >= 4 is 35.4 Å². The summed E-state index contributed by atoms with van der Waals surface area (Å²) in [6.07, 6.45) is 0. The lowest BCUT2D eigenvalue weighted by Gasteiger charge is -2.36. The summed E-state index contributed by atoms with van der Waals surface area (Å²) in [4.78, 5) is 4.36. The van der Waals surface area contributed by atoms with Crippen LogP contribution in [0.25, 0.3) is 5.57 Å². The highest BCUT2D eigenvalue weighted by atomic mass is 28.3.